The van der Waals surface area contributed by atoms with Gasteiger partial charge >= 0.3 is 11.9 Å². The van der Waals surface area contributed by atoms with Crippen LogP contribution in [0.3, 0.4) is 0 Å². The van der Waals surface area contributed by atoms with Crippen LogP contribution in [0.2, 0.25) is 0 Å². The molecular formula is C13H19NO6. The van der Waals surface area contributed by atoms with Crippen molar-refractivity contribution in [1.82, 2.24) is 5.32 Å². The quantitative estimate of drug-likeness (QED) is 0.669. The minimum absolute atomic E-state index is 0.110. The highest BCUT2D eigenvalue weighted by Gasteiger charge is 2.25. The van der Waals surface area contributed by atoms with Crippen molar-refractivity contribution >= 4 is 17.9 Å². The maximum atomic E-state index is 11.5. The average Bonchev–Trinajstić information content (AvgIpc) is 2.27. The lowest BCUT2D eigenvalue weighted by atomic mass is 9.98. The predicted octanol–water partition coefficient (Wildman–Crippen LogP) is 1.27. The molecule has 0 aromatic rings. The molecule has 1 aliphatic heterocycles. The van der Waals surface area contributed by atoms with E-state index < -0.39 is 17.9 Å². The molecule has 0 aliphatic carbocycles. The van der Waals surface area contributed by atoms with Crippen molar-refractivity contribution in [2.75, 3.05) is 6.61 Å². The molecule has 20 heavy (non-hydrogen) atoms. The van der Waals surface area contributed by atoms with E-state index in [0.717, 1.165) is 6.92 Å². The van der Waals surface area contributed by atoms with Crippen LogP contribution in [0.25, 0.3) is 0 Å². The van der Waals surface area contributed by atoms with E-state index >= 15 is 0 Å². The third-order valence-corrected chi connectivity index (χ3v) is 2.41. The number of hydrogen-bond acceptors (Lipinski definition) is 5. The molecule has 0 atom stereocenters. The van der Waals surface area contributed by atoms with Gasteiger partial charge in [-0.2, -0.15) is 0 Å². The number of allylic oxidation sites excluding steroid dienone is 2. The monoisotopic (exact) mass is 285 g/mol. The molecule has 0 unspecified atom stereocenters. The summed E-state index contributed by atoms with van der Waals surface area (Å²) in [5, 5.41) is 19.2. The van der Waals surface area contributed by atoms with Gasteiger partial charge < -0.3 is 20.3 Å². The van der Waals surface area contributed by atoms with E-state index in [1.807, 2.05) is 0 Å². The van der Waals surface area contributed by atoms with Gasteiger partial charge in [-0.3, -0.25) is 4.79 Å². The lowest BCUT2D eigenvalue weighted by Crippen LogP contribution is -2.25. The zero-order chi connectivity index (χ0) is 15.9. The van der Waals surface area contributed by atoms with E-state index in [2.05, 4.69) is 5.32 Å². The molecule has 0 spiro atoms. The molecule has 112 valence electrons. The summed E-state index contributed by atoms with van der Waals surface area (Å²) in [7, 11) is 0. The Morgan fingerprint density at radius 2 is 1.60 bits per heavy atom. The number of carbonyl (C=O) groups excluding carboxylic acids is 1. The van der Waals surface area contributed by atoms with E-state index in [-0.39, 0.29) is 18.6 Å². The summed E-state index contributed by atoms with van der Waals surface area (Å²) in [6.07, 6.45) is 0.110. The van der Waals surface area contributed by atoms with E-state index in [0.29, 0.717) is 17.0 Å². The number of nitrogens with one attached hydrogen (secondary N) is 1. The van der Waals surface area contributed by atoms with E-state index in [4.69, 9.17) is 19.7 Å². The largest absolute Gasteiger partial charge is 0.481 e. The van der Waals surface area contributed by atoms with Crippen LogP contribution < -0.4 is 5.32 Å². The number of carbonyl (C=O) groups is 3. The first kappa shape index (κ1) is 17.7. The SMILES string of the molecule is CC(=O)O.CCOC(=O)C1=C(C)NC(C)=C(C(=O)O)C1. The molecular weight excluding hydrogens is 266 g/mol. The van der Waals surface area contributed by atoms with E-state index in [9.17, 15) is 9.59 Å². The van der Waals surface area contributed by atoms with Gasteiger partial charge in [-0.15, -0.1) is 0 Å². The molecule has 0 saturated heterocycles. The Labute approximate surface area is 116 Å². The molecule has 0 bridgehead atoms. The van der Waals surface area contributed by atoms with Crippen LogP contribution in [0, 0.1) is 0 Å². The molecule has 0 radical (unpaired) electrons. The summed E-state index contributed by atoms with van der Waals surface area (Å²) in [6, 6.07) is 0. The first-order chi connectivity index (χ1) is 9.20. The van der Waals surface area contributed by atoms with Gasteiger partial charge in [-0.25, -0.2) is 9.59 Å². The van der Waals surface area contributed by atoms with Crippen molar-refractivity contribution in [1.29, 1.82) is 0 Å². The normalized spacial score (nSPS) is 14.0. The Kier molecular flexibility index (Phi) is 7.06. The summed E-state index contributed by atoms with van der Waals surface area (Å²) in [5.74, 6) is -2.31. The lowest BCUT2D eigenvalue weighted by molar-refractivity contribution is -0.139. The van der Waals surface area contributed by atoms with Gasteiger partial charge in [-0.05, 0) is 20.8 Å². The van der Waals surface area contributed by atoms with Crippen LogP contribution in [0.15, 0.2) is 22.5 Å². The fourth-order valence-electron chi connectivity index (χ4n) is 1.55. The highest BCUT2D eigenvalue weighted by Crippen LogP contribution is 2.23. The van der Waals surface area contributed by atoms with Crippen LogP contribution in [-0.4, -0.2) is 34.7 Å². The average molecular weight is 285 g/mol. The molecule has 0 saturated carbocycles. The molecule has 1 heterocycles. The zero-order valence-corrected chi connectivity index (χ0v) is 11.9. The first-order valence-corrected chi connectivity index (χ1v) is 5.97. The van der Waals surface area contributed by atoms with Crippen molar-refractivity contribution in [3.05, 3.63) is 22.5 Å². The van der Waals surface area contributed by atoms with Gasteiger partial charge in [0.2, 0.25) is 0 Å². The Balaban J connectivity index is 0.000000796. The third-order valence-electron chi connectivity index (χ3n) is 2.41. The smallest absolute Gasteiger partial charge is 0.336 e. The van der Waals surface area contributed by atoms with Gasteiger partial charge in [0.05, 0.1) is 17.8 Å². The molecule has 3 N–H and O–H groups in total. The fraction of sp³-hybridized carbons (Fsp3) is 0.462. The minimum Gasteiger partial charge on any atom is -0.481 e. The van der Waals surface area contributed by atoms with Crippen LogP contribution in [0.5, 0.6) is 0 Å². The maximum Gasteiger partial charge on any atom is 0.336 e. The number of ether oxygens (including phenoxy) is 1. The van der Waals surface area contributed by atoms with Gasteiger partial charge in [-0.1, -0.05) is 0 Å². The molecule has 1 aliphatic rings. The first-order valence-electron chi connectivity index (χ1n) is 5.97. The summed E-state index contributed by atoms with van der Waals surface area (Å²) in [6.45, 7) is 6.48. The molecule has 0 aromatic carbocycles. The lowest BCUT2D eigenvalue weighted by Gasteiger charge is -2.21. The second-order valence-electron chi connectivity index (χ2n) is 4.05. The fourth-order valence-corrected chi connectivity index (χ4v) is 1.55. The summed E-state index contributed by atoms with van der Waals surface area (Å²) < 4.78 is 4.86. The zero-order valence-electron chi connectivity index (χ0n) is 11.9. The molecule has 0 fully saturated rings. The highest BCUT2D eigenvalue weighted by molar-refractivity contribution is 5.95. The van der Waals surface area contributed by atoms with Crippen molar-refractivity contribution in [3.63, 3.8) is 0 Å². The Hall–Kier alpha value is -2.31. The van der Waals surface area contributed by atoms with Crippen molar-refractivity contribution in [2.45, 2.75) is 34.1 Å². The van der Waals surface area contributed by atoms with Crippen molar-refractivity contribution in [2.24, 2.45) is 0 Å². The van der Waals surface area contributed by atoms with Gasteiger partial charge in [0.1, 0.15) is 0 Å². The summed E-state index contributed by atoms with van der Waals surface area (Å²) in [5.41, 5.74) is 1.80. The number of aliphatic carboxylic acids is 2. The second kappa shape index (κ2) is 7.98. The number of carboxylic acid groups (broad SMARTS) is 2. The van der Waals surface area contributed by atoms with Gasteiger partial charge in [0, 0.05) is 24.7 Å². The minimum atomic E-state index is -1.01. The molecule has 1 rings (SSSR count). The van der Waals surface area contributed by atoms with Gasteiger partial charge in [0.15, 0.2) is 0 Å². The molecule has 7 nitrogen and oxygen atoms in total. The molecule has 0 aromatic heterocycles. The standard InChI is InChI=1S/C11H15NO4.C2H4O2/c1-4-16-11(15)9-5-8(10(13)14)6(2)12-7(9)3;1-2(3)4/h12H,4-5H2,1-3H3,(H,13,14);1H3,(H,3,4). The van der Waals surface area contributed by atoms with Crippen LogP contribution >= 0.6 is 0 Å². The van der Waals surface area contributed by atoms with E-state index in [1.165, 1.54) is 0 Å². The predicted molar refractivity (Wildman–Crippen MR) is 70.7 cm³/mol. The Morgan fingerprint density at radius 3 is 2.00 bits per heavy atom. The van der Waals surface area contributed by atoms with Crippen molar-refractivity contribution < 1.29 is 29.3 Å². The molecule has 0 amide bonds. The topological polar surface area (TPSA) is 113 Å². The number of esters is 1. The van der Waals surface area contributed by atoms with Gasteiger partial charge in [0.25, 0.3) is 5.97 Å². The Morgan fingerprint density at radius 1 is 1.15 bits per heavy atom. The third kappa shape index (κ3) is 5.55. The summed E-state index contributed by atoms with van der Waals surface area (Å²) in [4.78, 5) is 31.5. The Bertz CT molecular complexity index is 471. The number of dihydropyridines is 1. The maximum absolute atomic E-state index is 11.5. The number of hydrogen-bond donors (Lipinski definition) is 3. The second-order valence-corrected chi connectivity index (χ2v) is 4.05. The highest BCUT2D eigenvalue weighted by atomic mass is 16.5. The van der Waals surface area contributed by atoms with Crippen LogP contribution in [0.1, 0.15) is 34.1 Å². The number of rotatable bonds is 3. The molecule has 7 heteroatoms. The van der Waals surface area contributed by atoms with Crippen LogP contribution in [0.4, 0.5) is 0 Å². The van der Waals surface area contributed by atoms with Crippen LogP contribution in [-0.2, 0) is 19.1 Å². The van der Waals surface area contributed by atoms with E-state index in [1.54, 1.807) is 20.8 Å². The summed E-state index contributed by atoms with van der Waals surface area (Å²) >= 11 is 0. The van der Waals surface area contributed by atoms with Crippen molar-refractivity contribution in [3.8, 4) is 0 Å². The number of carboxylic acids is 2.